The summed E-state index contributed by atoms with van der Waals surface area (Å²) in [4.78, 5) is 0. The summed E-state index contributed by atoms with van der Waals surface area (Å²) in [6.07, 6.45) is 4.56. The SMILES string of the molecule is COc1c(C2C=Cc3ccccc32)cc(C)cc1[Si](C)(C)C(C)(C)C. The Bertz CT molecular complexity index is 824. The van der Waals surface area contributed by atoms with E-state index in [4.69, 9.17) is 4.74 Å². The van der Waals surface area contributed by atoms with Crippen LogP contribution in [-0.2, 0) is 0 Å². The molecule has 0 spiro atoms. The normalized spacial score (nSPS) is 16.8. The van der Waals surface area contributed by atoms with Gasteiger partial charge in [0.2, 0.25) is 0 Å². The highest BCUT2D eigenvalue weighted by molar-refractivity contribution is 6.92. The summed E-state index contributed by atoms with van der Waals surface area (Å²) in [5.41, 5.74) is 5.34. The van der Waals surface area contributed by atoms with Crippen LogP contribution in [-0.4, -0.2) is 15.2 Å². The van der Waals surface area contributed by atoms with E-state index in [-0.39, 0.29) is 11.0 Å². The minimum atomic E-state index is -1.70. The van der Waals surface area contributed by atoms with Crippen LogP contribution < -0.4 is 9.92 Å². The highest BCUT2D eigenvalue weighted by Gasteiger charge is 2.40. The van der Waals surface area contributed by atoms with Gasteiger partial charge < -0.3 is 4.74 Å². The average Bonchev–Trinajstić information content (AvgIpc) is 2.96. The van der Waals surface area contributed by atoms with Crippen molar-refractivity contribution in [2.45, 2.75) is 51.7 Å². The molecule has 0 aliphatic heterocycles. The molecule has 1 aliphatic rings. The topological polar surface area (TPSA) is 9.23 Å². The van der Waals surface area contributed by atoms with Crippen LogP contribution in [0, 0.1) is 6.92 Å². The number of ether oxygens (including phenoxy) is 1. The summed E-state index contributed by atoms with van der Waals surface area (Å²) in [7, 11) is 0.128. The van der Waals surface area contributed by atoms with Gasteiger partial charge in [0.25, 0.3) is 0 Å². The third-order valence-corrected chi connectivity index (χ3v) is 11.6. The molecule has 3 rings (SSSR count). The highest BCUT2D eigenvalue weighted by atomic mass is 28.3. The molecule has 0 fully saturated rings. The van der Waals surface area contributed by atoms with Gasteiger partial charge in [-0.15, -0.1) is 0 Å². The van der Waals surface area contributed by atoms with Gasteiger partial charge in [0.05, 0.1) is 15.2 Å². The molecule has 1 unspecified atom stereocenters. The third kappa shape index (κ3) is 2.97. The van der Waals surface area contributed by atoms with E-state index >= 15 is 0 Å². The number of allylic oxidation sites excluding steroid dienone is 1. The van der Waals surface area contributed by atoms with Gasteiger partial charge in [0.1, 0.15) is 5.75 Å². The Morgan fingerprint density at radius 1 is 1.00 bits per heavy atom. The van der Waals surface area contributed by atoms with Crippen molar-refractivity contribution in [3.63, 3.8) is 0 Å². The zero-order valence-electron chi connectivity index (χ0n) is 16.6. The van der Waals surface area contributed by atoms with Gasteiger partial charge in [-0.05, 0) is 28.3 Å². The lowest BCUT2D eigenvalue weighted by atomic mass is 9.91. The van der Waals surface area contributed by atoms with Crippen molar-refractivity contribution in [3.8, 4) is 5.75 Å². The van der Waals surface area contributed by atoms with Crippen molar-refractivity contribution >= 4 is 19.3 Å². The number of fused-ring (bicyclic) bond motifs is 1. The van der Waals surface area contributed by atoms with E-state index in [0.717, 1.165) is 5.75 Å². The molecular formula is C23H30OSi. The molecule has 1 aliphatic carbocycles. The Labute approximate surface area is 153 Å². The minimum absolute atomic E-state index is 0.273. The second kappa shape index (κ2) is 6.17. The molecule has 1 nitrogen and oxygen atoms in total. The first-order valence-electron chi connectivity index (χ1n) is 9.13. The first-order chi connectivity index (χ1) is 11.7. The van der Waals surface area contributed by atoms with Crippen LogP contribution in [0.5, 0.6) is 5.75 Å². The highest BCUT2D eigenvalue weighted by Crippen LogP contribution is 2.43. The molecule has 25 heavy (non-hydrogen) atoms. The minimum Gasteiger partial charge on any atom is -0.497 e. The van der Waals surface area contributed by atoms with E-state index < -0.39 is 8.07 Å². The Morgan fingerprint density at radius 3 is 2.32 bits per heavy atom. The number of hydrogen-bond donors (Lipinski definition) is 0. The van der Waals surface area contributed by atoms with E-state index in [9.17, 15) is 0 Å². The fraction of sp³-hybridized carbons (Fsp3) is 0.391. The summed E-state index contributed by atoms with van der Waals surface area (Å²) in [5, 5.41) is 1.71. The number of rotatable bonds is 3. The van der Waals surface area contributed by atoms with Crippen molar-refractivity contribution in [2.75, 3.05) is 7.11 Å². The van der Waals surface area contributed by atoms with E-state index in [1.807, 2.05) is 7.11 Å². The number of aryl methyl sites for hydroxylation is 1. The Balaban J connectivity index is 2.22. The molecule has 2 aromatic rings. The molecule has 0 saturated carbocycles. The molecule has 132 valence electrons. The van der Waals surface area contributed by atoms with Crippen molar-refractivity contribution in [2.24, 2.45) is 0 Å². The monoisotopic (exact) mass is 350 g/mol. The van der Waals surface area contributed by atoms with Gasteiger partial charge in [-0.1, -0.05) is 88.0 Å². The predicted octanol–water partition coefficient (Wildman–Crippen LogP) is 5.88. The predicted molar refractivity (Wildman–Crippen MR) is 112 cm³/mol. The van der Waals surface area contributed by atoms with Crippen LogP contribution in [0.25, 0.3) is 6.08 Å². The number of hydrogen-bond acceptors (Lipinski definition) is 1. The van der Waals surface area contributed by atoms with Crippen LogP contribution in [0.3, 0.4) is 0 Å². The van der Waals surface area contributed by atoms with E-state index in [0.29, 0.717) is 0 Å². The largest absolute Gasteiger partial charge is 0.497 e. The zero-order chi connectivity index (χ0) is 18.4. The number of benzene rings is 2. The molecule has 0 saturated heterocycles. The maximum absolute atomic E-state index is 6.04. The van der Waals surface area contributed by atoms with E-state index in [1.165, 1.54) is 27.4 Å². The van der Waals surface area contributed by atoms with Crippen molar-refractivity contribution in [1.29, 1.82) is 0 Å². The summed E-state index contributed by atoms with van der Waals surface area (Å²) >= 11 is 0. The molecule has 2 heteroatoms. The van der Waals surface area contributed by atoms with Gasteiger partial charge >= 0.3 is 0 Å². The molecule has 1 atom stereocenters. The lowest BCUT2D eigenvalue weighted by molar-refractivity contribution is 0.412. The Hall–Kier alpha value is -1.80. The first kappa shape index (κ1) is 18.0. The molecule has 0 radical (unpaired) electrons. The maximum atomic E-state index is 6.04. The smallest absolute Gasteiger partial charge is 0.122 e. The summed E-state index contributed by atoms with van der Waals surface area (Å²) in [6, 6.07) is 13.4. The van der Waals surface area contributed by atoms with Gasteiger partial charge in [-0.3, -0.25) is 0 Å². The van der Waals surface area contributed by atoms with Crippen LogP contribution in [0.2, 0.25) is 18.1 Å². The Morgan fingerprint density at radius 2 is 1.68 bits per heavy atom. The van der Waals surface area contributed by atoms with Crippen LogP contribution in [0.1, 0.15) is 48.9 Å². The molecule has 0 amide bonds. The average molecular weight is 351 g/mol. The summed E-state index contributed by atoms with van der Waals surface area (Å²) < 4.78 is 6.04. The standard InChI is InChI=1S/C23H30OSi/c1-16-14-20(19-13-12-17-10-8-9-11-18(17)19)22(24-5)21(15-16)25(6,7)23(2,3)4/h8-15,19H,1-7H3. The molecule has 0 aromatic heterocycles. The fourth-order valence-electron chi connectivity index (χ4n) is 3.65. The van der Waals surface area contributed by atoms with Crippen LogP contribution >= 0.6 is 0 Å². The van der Waals surface area contributed by atoms with E-state index in [1.54, 1.807) is 0 Å². The van der Waals surface area contributed by atoms with Crippen molar-refractivity contribution < 1.29 is 4.74 Å². The Kier molecular flexibility index (Phi) is 4.44. The first-order valence-corrected chi connectivity index (χ1v) is 12.1. The van der Waals surface area contributed by atoms with Crippen LogP contribution in [0.15, 0.2) is 42.5 Å². The summed E-state index contributed by atoms with van der Waals surface area (Å²) in [6.45, 7) is 14.2. The van der Waals surface area contributed by atoms with Gasteiger partial charge in [0.15, 0.2) is 0 Å². The van der Waals surface area contributed by atoms with Gasteiger partial charge in [-0.25, -0.2) is 0 Å². The van der Waals surface area contributed by atoms with Crippen LogP contribution in [0.4, 0.5) is 0 Å². The quantitative estimate of drug-likeness (QED) is 0.628. The van der Waals surface area contributed by atoms with Gasteiger partial charge in [0, 0.05) is 11.5 Å². The second-order valence-electron chi connectivity index (χ2n) is 8.78. The second-order valence-corrected chi connectivity index (χ2v) is 14.1. The molecule has 0 heterocycles. The molecule has 2 aromatic carbocycles. The maximum Gasteiger partial charge on any atom is 0.122 e. The lowest BCUT2D eigenvalue weighted by Gasteiger charge is -2.39. The summed E-state index contributed by atoms with van der Waals surface area (Å²) in [5.74, 6) is 1.39. The van der Waals surface area contributed by atoms with E-state index in [2.05, 4.69) is 89.3 Å². The molecule has 0 N–H and O–H groups in total. The zero-order valence-corrected chi connectivity index (χ0v) is 17.6. The third-order valence-electron chi connectivity index (χ3n) is 6.15. The van der Waals surface area contributed by atoms with Crippen molar-refractivity contribution in [3.05, 3.63) is 64.7 Å². The van der Waals surface area contributed by atoms with Crippen molar-refractivity contribution in [1.82, 2.24) is 0 Å². The molecule has 0 bridgehead atoms. The fourth-order valence-corrected chi connectivity index (χ4v) is 5.86. The lowest BCUT2D eigenvalue weighted by Crippen LogP contribution is -2.50. The van der Waals surface area contributed by atoms with Gasteiger partial charge in [-0.2, -0.15) is 0 Å². The number of methoxy groups -OCH3 is 1. The molecular weight excluding hydrogens is 320 g/mol.